The van der Waals surface area contributed by atoms with Crippen LogP contribution >= 0.6 is 11.3 Å². The molecule has 0 aromatic carbocycles. The Morgan fingerprint density at radius 2 is 1.81 bits per heavy atom. The van der Waals surface area contributed by atoms with Crippen LogP contribution in [-0.2, 0) is 12.8 Å². The van der Waals surface area contributed by atoms with Crippen LogP contribution in [0.1, 0.15) is 55.7 Å². The largest absolute Gasteiger partial charge is 0.328 e. The average Bonchev–Trinajstić information content (AvgIpc) is 2.64. The van der Waals surface area contributed by atoms with Crippen molar-refractivity contribution in [2.45, 2.75) is 64.8 Å². The summed E-state index contributed by atoms with van der Waals surface area (Å²) in [6, 6.07) is 4.81. The summed E-state index contributed by atoms with van der Waals surface area (Å²) in [5, 5.41) is 0. The highest BCUT2D eigenvalue weighted by atomic mass is 32.1. The van der Waals surface area contributed by atoms with Gasteiger partial charge in [-0.2, -0.15) is 0 Å². The first-order valence-corrected chi connectivity index (χ1v) is 7.37. The van der Waals surface area contributed by atoms with Gasteiger partial charge in [0.15, 0.2) is 0 Å². The zero-order valence-corrected chi connectivity index (χ0v) is 11.5. The van der Waals surface area contributed by atoms with Crippen molar-refractivity contribution in [3.63, 3.8) is 0 Å². The molecule has 1 nitrogen and oxygen atoms in total. The van der Waals surface area contributed by atoms with Crippen molar-refractivity contribution in [1.29, 1.82) is 0 Å². The summed E-state index contributed by atoms with van der Waals surface area (Å²) >= 11 is 1.94. The van der Waals surface area contributed by atoms with Crippen LogP contribution in [0.15, 0.2) is 12.1 Å². The molecular formula is C14H25NS. The molecule has 0 saturated carbocycles. The summed E-state index contributed by atoms with van der Waals surface area (Å²) in [7, 11) is 0. The molecule has 1 unspecified atom stereocenters. The smallest absolute Gasteiger partial charge is 0.00634 e. The third-order valence-corrected chi connectivity index (χ3v) is 3.93. The first kappa shape index (κ1) is 13.7. The molecule has 0 bridgehead atoms. The number of unbranched alkanes of at least 4 members (excludes halogenated alkanes) is 4. The molecule has 0 aliphatic carbocycles. The lowest BCUT2D eigenvalue weighted by Crippen LogP contribution is -2.16. The Morgan fingerprint density at radius 3 is 2.50 bits per heavy atom. The lowest BCUT2D eigenvalue weighted by molar-refractivity contribution is 0.634. The van der Waals surface area contributed by atoms with E-state index in [2.05, 4.69) is 26.0 Å². The van der Waals surface area contributed by atoms with Gasteiger partial charge in [-0.3, -0.25) is 0 Å². The van der Waals surface area contributed by atoms with Crippen molar-refractivity contribution in [3.05, 3.63) is 21.9 Å². The normalized spacial score (nSPS) is 12.9. The van der Waals surface area contributed by atoms with E-state index in [4.69, 9.17) is 5.73 Å². The first-order chi connectivity index (χ1) is 7.72. The van der Waals surface area contributed by atoms with E-state index in [1.165, 1.54) is 48.3 Å². The molecule has 1 aromatic heterocycles. The van der Waals surface area contributed by atoms with Crippen LogP contribution in [0.4, 0.5) is 0 Å². The Balaban J connectivity index is 2.19. The summed E-state index contributed by atoms with van der Waals surface area (Å²) in [5.41, 5.74) is 5.80. The van der Waals surface area contributed by atoms with E-state index >= 15 is 0 Å². The second kappa shape index (κ2) is 7.86. The Bertz CT molecular complexity index is 278. The van der Waals surface area contributed by atoms with Crippen molar-refractivity contribution >= 4 is 11.3 Å². The Kier molecular flexibility index (Phi) is 6.74. The predicted octanol–water partition coefficient (Wildman–Crippen LogP) is 4.15. The van der Waals surface area contributed by atoms with Gasteiger partial charge < -0.3 is 5.73 Å². The third-order valence-electron chi connectivity index (χ3n) is 2.77. The standard InChI is InChI=1S/C14H25NS/c1-3-4-5-6-7-8-13-9-10-14(16-13)11-12(2)15/h9-10,12H,3-8,11,15H2,1-2H3. The minimum Gasteiger partial charge on any atom is -0.328 e. The fourth-order valence-corrected chi connectivity index (χ4v) is 3.09. The minimum absolute atomic E-state index is 0.288. The fraction of sp³-hybridized carbons (Fsp3) is 0.714. The monoisotopic (exact) mass is 239 g/mol. The molecule has 0 amide bonds. The van der Waals surface area contributed by atoms with Gasteiger partial charge in [-0.05, 0) is 38.3 Å². The summed E-state index contributed by atoms with van der Waals surface area (Å²) < 4.78 is 0. The zero-order valence-electron chi connectivity index (χ0n) is 10.7. The summed E-state index contributed by atoms with van der Waals surface area (Å²) in [6.45, 7) is 4.34. The highest BCUT2D eigenvalue weighted by molar-refractivity contribution is 7.12. The van der Waals surface area contributed by atoms with E-state index < -0.39 is 0 Å². The maximum Gasteiger partial charge on any atom is 0.00634 e. The van der Waals surface area contributed by atoms with Crippen molar-refractivity contribution in [2.24, 2.45) is 5.73 Å². The van der Waals surface area contributed by atoms with Crippen LogP contribution < -0.4 is 5.73 Å². The number of aryl methyl sites for hydroxylation is 1. The van der Waals surface area contributed by atoms with Crippen LogP contribution in [0.2, 0.25) is 0 Å². The van der Waals surface area contributed by atoms with Gasteiger partial charge in [-0.1, -0.05) is 32.6 Å². The van der Waals surface area contributed by atoms with Crippen molar-refractivity contribution in [3.8, 4) is 0 Å². The topological polar surface area (TPSA) is 26.0 Å². The maximum atomic E-state index is 5.80. The SMILES string of the molecule is CCCCCCCc1ccc(CC(C)N)s1. The molecule has 0 fully saturated rings. The van der Waals surface area contributed by atoms with E-state index in [9.17, 15) is 0 Å². The maximum absolute atomic E-state index is 5.80. The molecule has 1 atom stereocenters. The van der Waals surface area contributed by atoms with Crippen molar-refractivity contribution in [2.75, 3.05) is 0 Å². The van der Waals surface area contributed by atoms with Gasteiger partial charge in [0.05, 0.1) is 0 Å². The Hall–Kier alpha value is -0.340. The molecule has 2 N–H and O–H groups in total. The van der Waals surface area contributed by atoms with Crippen LogP contribution in [-0.4, -0.2) is 6.04 Å². The van der Waals surface area contributed by atoms with Gasteiger partial charge >= 0.3 is 0 Å². The van der Waals surface area contributed by atoms with Gasteiger partial charge in [0.25, 0.3) is 0 Å². The average molecular weight is 239 g/mol. The number of hydrogen-bond acceptors (Lipinski definition) is 2. The number of nitrogens with two attached hydrogens (primary N) is 1. The van der Waals surface area contributed by atoms with E-state index in [1.54, 1.807) is 0 Å². The van der Waals surface area contributed by atoms with Crippen molar-refractivity contribution < 1.29 is 0 Å². The van der Waals surface area contributed by atoms with Gasteiger partial charge in [0.1, 0.15) is 0 Å². The molecular weight excluding hydrogens is 214 g/mol. The van der Waals surface area contributed by atoms with Crippen LogP contribution in [0, 0.1) is 0 Å². The van der Waals surface area contributed by atoms with E-state index in [0.717, 1.165) is 6.42 Å². The number of thiophene rings is 1. The molecule has 92 valence electrons. The second-order valence-electron chi connectivity index (χ2n) is 4.71. The van der Waals surface area contributed by atoms with E-state index in [-0.39, 0.29) is 6.04 Å². The zero-order chi connectivity index (χ0) is 11.8. The highest BCUT2D eigenvalue weighted by Crippen LogP contribution is 2.20. The first-order valence-electron chi connectivity index (χ1n) is 6.55. The van der Waals surface area contributed by atoms with E-state index in [0.29, 0.717) is 0 Å². The number of rotatable bonds is 8. The van der Waals surface area contributed by atoms with Crippen molar-refractivity contribution in [1.82, 2.24) is 0 Å². The molecule has 1 heterocycles. The van der Waals surface area contributed by atoms with Gasteiger partial charge in [0, 0.05) is 15.8 Å². The summed E-state index contributed by atoms with van der Waals surface area (Å²) in [5.74, 6) is 0. The summed E-state index contributed by atoms with van der Waals surface area (Å²) in [6.07, 6.45) is 9.13. The summed E-state index contributed by atoms with van der Waals surface area (Å²) in [4.78, 5) is 2.98. The quantitative estimate of drug-likeness (QED) is 0.678. The van der Waals surface area contributed by atoms with Crippen LogP contribution in [0.25, 0.3) is 0 Å². The fourth-order valence-electron chi connectivity index (χ4n) is 1.89. The Morgan fingerprint density at radius 1 is 1.12 bits per heavy atom. The highest BCUT2D eigenvalue weighted by Gasteiger charge is 2.02. The number of hydrogen-bond donors (Lipinski definition) is 1. The predicted molar refractivity (Wildman–Crippen MR) is 74.1 cm³/mol. The second-order valence-corrected chi connectivity index (χ2v) is 5.97. The molecule has 16 heavy (non-hydrogen) atoms. The van der Waals surface area contributed by atoms with Gasteiger partial charge in [0.2, 0.25) is 0 Å². The molecule has 0 radical (unpaired) electrons. The third kappa shape index (κ3) is 5.66. The molecule has 0 aliphatic heterocycles. The van der Waals surface area contributed by atoms with E-state index in [1.807, 2.05) is 11.3 Å². The molecule has 1 aromatic rings. The molecule has 0 spiro atoms. The van der Waals surface area contributed by atoms with Gasteiger partial charge in [-0.25, -0.2) is 0 Å². The molecule has 1 rings (SSSR count). The molecule has 0 aliphatic rings. The molecule has 2 heteroatoms. The minimum atomic E-state index is 0.288. The lowest BCUT2D eigenvalue weighted by atomic mass is 10.1. The Labute approximate surface area is 104 Å². The van der Waals surface area contributed by atoms with Crippen LogP contribution in [0.5, 0.6) is 0 Å². The van der Waals surface area contributed by atoms with Gasteiger partial charge in [-0.15, -0.1) is 11.3 Å². The molecule has 0 saturated heterocycles. The lowest BCUT2D eigenvalue weighted by Gasteiger charge is -2.01. The van der Waals surface area contributed by atoms with Crippen LogP contribution in [0.3, 0.4) is 0 Å².